The fraction of sp³-hybridized carbons (Fsp3) is 0. The molecule has 0 saturated heterocycles. The van der Waals surface area contributed by atoms with Gasteiger partial charge in [0.2, 0.25) is 0 Å². The zero-order valence-corrected chi connectivity index (χ0v) is 28.4. The summed E-state index contributed by atoms with van der Waals surface area (Å²) in [6.45, 7) is 0. The second kappa shape index (κ2) is 12.5. The van der Waals surface area contributed by atoms with Gasteiger partial charge in [-0.25, -0.2) is 0 Å². The number of hydrogen-bond acceptors (Lipinski definition) is 2. The Balaban J connectivity index is 1.28. The summed E-state index contributed by atoms with van der Waals surface area (Å²) in [7, 11) is 0. The molecule has 0 aliphatic heterocycles. The van der Waals surface area contributed by atoms with Gasteiger partial charge < -0.3 is 9.32 Å². The lowest BCUT2D eigenvalue weighted by Gasteiger charge is -2.28. The van der Waals surface area contributed by atoms with Crippen molar-refractivity contribution in [2.24, 2.45) is 0 Å². The highest BCUT2D eigenvalue weighted by Crippen LogP contribution is 2.46. The maximum absolute atomic E-state index is 6.65. The van der Waals surface area contributed by atoms with Gasteiger partial charge in [0.15, 0.2) is 0 Å². The monoisotopic (exact) mass is 663 g/mol. The molecule has 0 bridgehead atoms. The van der Waals surface area contributed by atoms with Crippen molar-refractivity contribution in [1.82, 2.24) is 0 Å². The SMILES string of the molecule is c1ccc(-c2ccc(N(c3cc(-c4ccccc4)c4c(c3)oc3ccccc34)c3ccc4ccc5ccccc5c4c3)cc2-c2ccccc2)cc1. The van der Waals surface area contributed by atoms with E-state index in [9.17, 15) is 0 Å². The molecule has 9 aromatic carbocycles. The lowest BCUT2D eigenvalue weighted by Crippen LogP contribution is -2.10. The van der Waals surface area contributed by atoms with Gasteiger partial charge in [0, 0.05) is 28.2 Å². The molecule has 0 fully saturated rings. The van der Waals surface area contributed by atoms with Gasteiger partial charge in [0.1, 0.15) is 11.2 Å². The second-order valence-corrected chi connectivity index (χ2v) is 13.3. The molecule has 0 atom stereocenters. The Hall–Kier alpha value is -6.90. The molecule has 0 amide bonds. The predicted octanol–water partition coefficient (Wildman–Crippen LogP) is 14.4. The Morgan fingerprint density at radius 1 is 0.308 bits per heavy atom. The van der Waals surface area contributed by atoms with Crippen LogP contribution in [0.2, 0.25) is 0 Å². The van der Waals surface area contributed by atoms with Gasteiger partial charge in [0.05, 0.1) is 5.69 Å². The number of benzene rings is 9. The average molecular weight is 664 g/mol. The minimum absolute atomic E-state index is 0.859. The average Bonchev–Trinajstić information content (AvgIpc) is 3.60. The first kappa shape index (κ1) is 30.0. The van der Waals surface area contributed by atoms with Crippen molar-refractivity contribution in [3.8, 4) is 33.4 Å². The summed E-state index contributed by atoms with van der Waals surface area (Å²) in [5, 5.41) is 7.14. The Morgan fingerprint density at radius 2 is 0.827 bits per heavy atom. The van der Waals surface area contributed by atoms with Gasteiger partial charge in [-0.15, -0.1) is 0 Å². The van der Waals surface area contributed by atoms with E-state index in [0.717, 1.165) is 50.1 Å². The van der Waals surface area contributed by atoms with Gasteiger partial charge in [-0.2, -0.15) is 0 Å². The molecule has 0 spiro atoms. The van der Waals surface area contributed by atoms with E-state index in [-0.39, 0.29) is 0 Å². The molecule has 10 rings (SSSR count). The Bertz CT molecular complexity index is 2890. The van der Waals surface area contributed by atoms with Crippen LogP contribution in [0.4, 0.5) is 17.1 Å². The highest BCUT2D eigenvalue weighted by molar-refractivity contribution is 6.14. The molecule has 0 radical (unpaired) electrons. The second-order valence-electron chi connectivity index (χ2n) is 13.3. The smallest absolute Gasteiger partial charge is 0.138 e. The fourth-order valence-corrected chi connectivity index (χ4v) is 7.79. The molecule has 52 heavy (non-hydrogen) atoms. The van der Waals surface area contributed by atoms with Crippen LogP contribution in [0.3, 0.4) is 0 Å². The third-order valence-electron chi connectivity index (χ3n) is 10.2. The Morgan fingerprint density at radius 3 is 1.56 bits per heavy atom. The number of para-hydroxylation sites is 1. The van der Waals surface area contributed by atoms with Crippen molar-refractivity contribution < 1.29 is 4.42 Å². The zero-order chi connectivity index (χ0) is 34.4. The molecule has 10 aromatic rings. The first-order chi connectivity index (χ1) is 25.8. The molecule has 1 aromatic heterocycles. The Kier molecular flexibility index (Phi) is 7.18. The third-order valence-corrected chi connectivity index (χ3v) is 10.2. The van der Waals surface area contributed by atoms with Crippen molar-refractivity contribution in [2.45, 2.75) is 0 Å². The number of fused-ring (bicyclic) bond motifs is 6. The molecule has 0 unspecified atom stereocenters. The van der Waals surface area contributed by atoms with E-state index in [4.69, 9.17) is 4.42 Å². The molecule has 0 saturated carbocycles. The van der Waals surface area contributed by atoms with Gasteiger partial charge in [0.25, 0.3) is 0 Å². The third kappa shape index (κ3) is 5.12. The maximum atomic E-state index is 6.65. The van der Waals surface area contributed by atoms with Crippen molar-refractivity contribution in [3.63, 3.8) is 0 Å². The molecular formula is C50H33NO. The molecule has 1 heterocycles. The summed E-state index contributed by atoms with van der Waals surface area (Å²) in [4.78, 5) is 2.39. The minimum atomic E-state index is 0.859. The van der Waals surface area contributed by atoms with Gasteiger partial charge in [-0.3, -0.25) is 0 Å². The molecule has 2 heteroatoms. The normalized spacial score (nSPS) is 11.5. The quantitative estimate of drug-likeness (QED) is 0.165. The van der Waals surface area contributed by atoms with E-state index in [0.29, 0.717) is 0 Å². The first-order valence-electron chi connectivity index (χ1n) is 17.8. The fourth-order valence-electron chi connectivity index (χ4n) is 7.79. The number of hydrogen-bond donors (Lipinski definition) is 0. The van der Waals surface area contributed by atoms with Crippen molar-refractivity contribution >= 4 is 60.5 Å². The highest BCUT2D eigenvalue weighted by Gasteiger charge is 2.21. The van der Waals surface area contributed by atoms with Gasteiger partial charge >= 0.3 is 0 Å². The van der Waals surface area contributed by atoms with E-state index in [1.54, 1.807) is 0 Å². The summed E-state index contributed by atoms with van der Waals surface area (Å²) < 4.78 is 6.65. The molecule has 0 N–H and O–H groups in total. The van der Waals surface area contributed by atoms with Gasteiger partial charge in [-0.05, 0) is 91.3 Å². The van der Waals surface area contributed by atoms with Crippen molar-refractivity contribution in [2.75, 3.05) is 4.90 Å². The molecule has 0 aliphatic rings. The van der Waals surface area contributed by atoms with E-state index in [1.807, 2.05) is 6.07 Å². The summed E-state index contributed by atoms with van der Waals surface area (Å²) in [6, 6.07) is 71.7. The largest absolute Gasteiger partial charge is 0.456 e. The lowest BCUT2D eigenvalue weighted by atomic mass is 9.93. The maximum Gasteiger partial charge on any atom is 0.138 e. The standard InChI is InChI=1S/C50H33NO/c1-4-14-34(15-5-1)43-29-28-40(31-45(43)35-16-6-2-7-17-35)51(39-27-26-38-25-24-37-20-10-11-21-42(37)46(38)30-39)41-32-47(36-18-8-3-9-19-36)50-44-22-12-13-23-48(44)52-49(50)33-41/h1-33H. The van der Waals surface area contributed by atoms with E-state index in [1.165, 1.54) is 43.8 Å². The summed E-state index contributed by atoms with van der Waals surface area (Å²) >= 11 is 0. The number of furan rings is 1. The topological polar surface area (TPSA) is 16.4 Å². The molecule has 244 valence electrons. The number of anilines is 3. The molecular weight excluding hydrogens is 631 g/mol. The van der Waals surface area contributed by atoms with Crippen LogP contribution in [0.1, 0.15) is 0 Å². The summed E-state index contributed by atoms with van der Waals surface area (Å²) in [5.41, 5.74) is 11.9. The zero-order valence-electron chi connectivity index (χ0n) is 28.4. The highest BCUT2D eigenvalue weighted by atomic mass is 16.3. The predicted molar refractivity (Wildman–Crippen MR) is 220 cm³/mol. The van der Waals surface area contributed by atoms with Crippen LogP contribution in [-0.4, -0.2) is 0 Å². The van der Waals surface area contributed by atoms with E-state index >= 15 is 0 Å². The summed E-state index contributed by atoms with van der Waals surface area (Å²) in [5.74, 6) is 0. The van der Waals surface area contributed by atoms with Crippen LogP contribution in [-0.2, 0) is 0 Å². The lowest BCUT2D eigenvalue weighted by molar-refractivity contribution is 0.669. The van der Waals surface area contributed by atoms with Crippen molar-refractivity contribution in [3.05, 3.63) is 200 Å². The van der Waals surface area contributed by atoms with E-state index < -0.39 is 0 Å². The minimum Gasteiger partial charge on any atom is -0.456 e. The van der Waals surface area contributed by atoms with Crippen LogP contribution >= 0.6 is 0 Å². The molecule has 2 nitrogen and oxygen atoms in total. The number of nitrogens with zero attached hydrogens (tertiary/aromatic N) is 1. The van der Waals surface area contributed by atoms with Crippen LogP contribution in [0.25, 0.3) is 76.9 Å². The van der Waals surface area contributed by atoms with E-state index in [2.05, 4.69) is 199 Å². The van der Waals surface area contributed by atoms with Crippen LogP contribution in [0, 0.1) is 0 Å². The molecule has 0 aliphatic carbocycles. The number of rotatable bonds is 6. The van der Waals surface area contributed by atoms with Gasteiger partial charge in [-0.1, -0.05) is 158 Å². The summed E-state index contributed by atoms with van der Waals surface area (Å²) in [6.07, 6.45) is 0. The van der Waals surface area contributed by atoms with Crippen LogP contribution < -0.4 is 4.90 Å². The van der Waals surface area contributed by atoms with Crippen molar-refractivity contribution in [1.29, 1.82) is 0 Å². The van der Waals surface area contributed by atoms with Crippen LogP contribution in [0.5, 0.6) is 0 Å². The van der Waals surface area contributed by atoms with Crippen LogP contribution in [0.15, 0.2) is 205 Å². The first-order valence-corrected chi connectivity index (χ1v) is 17.8. The Labute approximate surface area is 302 Å².